The number of carbonyl (C=O) groups excluding carboxylic acids is 2. The summed E-state index contributed by atoms with van der Waals surface area (Å²) in [6, 6.07) is 9.16. The smallest absolute Gasteiger partial charge is 0.356 e. The molecule has 0 radical (unpaired) electrons. The first-order valence-electron chi connectivity index (χ1n) is 11.2. The summed E-state index contributed by atoms with van der Waals surface area (Å²) in [6.45, 7) is 11.8. The van der Waals surface area contributed by atoms with Crippen LogP contribution in [0.1, 0.15) is 63.0 Å². The second kappa shape index (κ2) is 9.94. The number of rotatable bonds is 7. The highest BCUT2D eigenvalue weighted by Crippen LogP contribution is 2.42. The van der Waals surface area contributed by atoms with Gasteiger partial charge < -0.3 is 15.0 Å². The van der Waals surface area contributed by atoms with Gasteiger partial charge in [0.25, 0.3) is 0 Å². The number of anilines is 1. The van der Waals surface area contributed by atoms with Gasteiger partial charge in [-0.2, -0.15) is 5.10 Å². The first-order valence-corrected chi connectivity index (χ1v) is 11.5. The third kappa shape index (κ3) is 5.44. The van der Waals surface area contributed by atoms with Gasteiger partial charge in [0, 0.05) is 24.2 Å². The molecule has 1 saturated heterocycles. The van der Waals surface area contributed by atoms with E-state index in [0.717, 1.165) is 11.4 Å². The Morgan fingerprint density at radius 3 is 2.59 bits per heavy atom. The first-order chi connectivity index (χ1) is 15.1. The maximum absolute atomic E-state index is 13.5. The van der Waals surface area contributed by atoms with E-state index < -0.39 is 12.0 Å². The minimum Gasteiger partial charge on any atom is -0.461 e. The van der Waals surface area contributed by atoms with Gasteiger partial charge in [0.05, 0.1) is 6.61 Å². The van der Waals surface area contributed by atoms with Gasteiger partial charge in [0.15, 0.2) is 0 Å². The number of carbonyl (C=O) groups is 2. The van der Waals surface area contributed by atoms with Crippen LogP contribution >= 0.6 is 11.6 Å². The van der Waals surface area contributed by atoms with Crippen molar-refractivity contribution >= 4 is 29.3 Å². The second-order valence-corrected chi connectivity index (χ2v) is 9.83. The van der Waals surface area contributed by atoms with Crippen LogP contribution in [0.2, 0.25) is 5.02 Å². The molecule has 174 valence electrons. The summed E-state index contributed by atoms with van der Waals surface area (Å²) in [6.07, 6.45) is 0.889. The van der Waals surface area contributed by atoms with E-state index in [-0.39, 0.29) is 29.5 Å². The zero-order valence-electron chi connectivity index (χ0n) is 19.4. The predicted molar refractivity (Wildman–Crippen MR) is 126 cm³/mol. The Kier molecular flexibility index (Phi) is 7.49. The number of aromatic nitrogens is 2. The largest absolute Gasteiger partial charge is 0.461 e. The molecule has 1 aromatic heterocycles. The average molecular weight is 461 g/mol. The Labute approximate surface area is 194 Å². The number of amides is 1. The number of ether oxygens (including phenoxy) is 1. The van der Waals surface area contributed by atoms with Gasteiger partial charge in [-0.3, -0.25) is 9.89 Å². The van der Waals surface area contributed by atoms with Gasteiger partial charge in [0.1, 0.15) is 17.6 Å². The standard InChI is InChI=1S/C24H33ClN4O3/c1-6-32-23(31)19-13-20(28-27-19)26-21(15(2)3)22(30)29-12-11-18(24(4,5)14-29)16-7-9-17(25)10-8-16/h7-10,13,15,18,21H,6,11-12,14H2,1-5H3,(H2,26,27,28). The molecule has 2 heterocycles. The van der Waals surface area contributed by atoms with E-state index in [4.69, 9.17) is 16.3 Å². The van der Waals surface area contributed by atoms with Crippen LogP contribution in [0, 0.1) is 11.3 Å². The highest BCUT2D eigenvalue weighted by atomic mass is 35.5. The number of piperidine rings is 1. The van der Waals surface area contributed by atoms with Crippen LogP contribution in [-0.4, -0.2) is 52.7 Å². The molecule has 8 heteroatoms. The second-order valence-electron chi connectivity index (χ2n) is 9.39. The number of benzene rings is 1. The van der Waals surface area contributed by atoms with Gasteiger partial charge in [-0.05, 0) is 48.3 Å². The number of aromatic amines is 1. The molecule has 7 nitrogen and oxygen atoms in total. The van der Waals surface area contributed by atoms with Crippen molar-refractivity contribution in [2.24, 2.45) is 11.3 Å². The third-order valence-electron chi connectivity index (χ3n) is 6.12. The fourth-order valence-corrected chi connectivity index (χ4v) is 4.56. The SMILES string of the molecule is CCOC(=O)c1cc(NC(C(=O)N2CCC(c3ccc(Cl)cc3)C(C)(C)C2)C(C)C)n[nH]1. The van der Waals surface area contributed by atoms with Gasteiger partial charge in [-0.1, -0.05) is 51.4 Å². The third-order valence-corrected chi connectivity index (χ3v) is 6.37. The number of halogens is 1. The summed E-state index contributed by atoms with van der Waals surface area (Å²) >= 11 is 6.06. The van der Waals surface area contributed by atoms with Crippen LogP contribution in [0.15, 0.2) is 30.3 Å². The van der Waals surface area contributed by atoms with E-state index in [2.05, 4.69) is 41.5 Å². The lowest BCUT2D eigenvalue weighted by atomic mass is 9.70. The lowest BCUT2D eigenvalue weighted by Gasteiger charge is -2.45. The van der Waals surface area contributed by atoms with Crippen molar-refractivity contribution in [2.45, 2.75) is 53.0 Å². The zero-order valence-corrected chi connectivity index (χ0v) is 20.2. The minimum absolute atomic E-state index is 0.0438. The summed E-state index contributed by atoms with van der Waals surface area (Å²) in [7, 11) is 0. The molecule has 1 aromatic carbocycles. The minimum atomic E-state index is -0.466. The molecule has 2 aromatic rings. The van der Waals surface area contributed by atoms with Crippen molar-refractivity contribution in [3.8, 4) is 0 Å². The molecule has 0 saturated carbocycles. The number of hydrogen-bond donors (Lipinski definition) is 2. The van der Waals surface area contributed by atoms with Gasteiger partial charge >= 0.3 is 5.97 Å². The number of likely N-dealkylation sites (tertiary alicyclic amines) is 1. The van der Waals surface area contributed by atoms with E-state index >= 15 is 0 Å². The Morgan fingerprint density at radius 1 is 1.31 bits per heavy atom. The Morgan fingerprint density at radius 2 is 2.00 bits per heavy atom. The molecule has 1 aliphatic rings. The normalized spacial score (nSPS) is 19.0. The van der Waals surface area contributed by atoms with E-state index in [1.807, 2.05) is 30.9 Å². The Hall–Kier alpha value is -2.54. The lowest BCUT2D eigenvalue weighted by molar-refractivity contribution is -0.136. The maximum atomic E-state index is 13.5. The summed E-state index contributed by atoms with van der Waals surface area (Å²) in [4.78, 5) is 27.3. The molecule has 1 aliphatic heterocycles. The summed E-state index contributed by atoms with van der Waals surface area (Å²) in [5.74, 6) is 0.431. The fourth-order valence-electron chi connectivity index (χ4n) is 4.44. The fraction of sp³-hybridized carbons (Fsp3) is 0.542. The van der Waals surface area contributed by atoms with Gasteiger partial charge in [-0.25, -0.2) is 4.79 Å². The molecular formula is C24H33ClN4O3. The molecule has 2 unspecified atom stereocenters. The van der Waals surface area contributed by atoms with Crippen molar-refractivity contribution in [1.29, 1.82) is 0 Å². The van der Waals surface area contributed by atoms with Crippen molar-refractivity contribution in [1.82, 2.24) is 15.1 Å². The number of H-pyrrole nitrogens is 1. The van der Waals surface area contributed by atoms with E-state index in [9.17, 15) is 9.59 Å². The zero-order chi connectivity index (χ0) is 23.5. The summed E-state index contributed by atoms with van der Waals surface area (Å²) in [5.41, 5.74) is 1.44. The van der Waals surface area contributed by atoms with Crippen LogP contribution in [0.4, 0.5) is 5.82 Å². The summed E-state index contributed by atoms with van der Waals surface area (Å²) in [5, 5.41) is 10.8. The maximum Gasteiger partial charge on any atom is 0.356 e. The van der Waals surface area contributed by atoms with Gasteiger partial charge in [-0.15, -0.1) is 0 Å². The molecule has 1 fully saturated rings. The van der Waals surface area contributed by atoms with E-state index in [1.165, 1.54) is 5.56 Å². The Bertz CT molecular complexity index is 939. The Balaban J connectivity index is 1.70. The molecule has 2 N–H and O–H groups in total. The molecule has 0 bridgehead atoms. The van der Waals surface area contributed by atoms with Crippen LogP contribution in [0.3, 0.4) is 0 Å². The molecular weight excluding hydrogens is 428 g/mol. The average Bonchev–Trinajstić information content (AvgIpc) is 3.20. The van der Waals surface area contributed by atoms with Crippen molar-refractivity contribution < 1.29 is 14.3 Å². The van der Waals surface area contributed by atoms with Crippen molar-refractivity contribution in [2.75, 3.05) is 25.0 Å². The van der Waals surface area contributed by atoms with Crippen molar-refractivity contribution in [3.63, 3.8) is 0 Å². The molecule has 3 rings (SSSR count). The van der Waals surface area contributed by atoms with Crippen LogP contribution in [0.5, 0.6) is 0 Å². The summed E-state index contributed by atoms with van der Waals surface area (Å²) < 4.78 is 4.99. The molecule has 0 spiro atoms. The van der Waals surface area contributed by atoms with Crippen LogP contribution < -0.4 is 5.32 Å². The molecule has 1 amide bonds. The highest BCUT2D eigenvalue weighted by Gasteiger charge is 2.40. The van der Waals surface area contributed by atoms with Crippen LogP contribution in [-0.2, 0) is 9.53 Å². The first kappa shape index (κ1) is 24.1. The lowest BCUT2D eigenvalue weighted by Crippen LogP contribution is -2.53. The molecule has 32 heavy (non-hydrogen) atoms. The van der Waals surface area contributed by atoms with E-state index in [1.54, 1.807) is 13.0 Å². The highest BCUT2D eigenvalue weighted by molar-refractivity contribution is 6.30. The number of nitrogens with one attached hydrogen (secondary N) is 2. The van der Waals surface area contributed by atoms with Crippen molar-refractivity contribution in [3.05, 3.63) is 46.6 Å². The van der Waals surface area contributed by atoms with E-state index in [0.29, 0.717) is 24.8 Å². The monoisotopic (exact) mass is 460 g/mol. The predicted octanol–water partition coefficient (Wildman–Crippen LogP) is 4.72. The topological polar surface area (TPSA) is 87.3 Å². The molecule has 0 aliphatic carbocycles. The van der Waals surface area contributed by atoms with Crippen LogP contribution in [0.25, 0.3) is 0 Å². The quantitative estimate of drug-likeness (QED) is 0.584. The molecule has 2 atom stereocenters. The number of esters is 1. The number of nitrogens with zero attached hydrogens (tertiary/aromatic N) is 2. The number of hydrogen-bond acceptors (Lipinski definition) is 5. The van der Waals surface area contributed by atoms with Gasteiger partial charge in [0.2, 0.25) is 5.91 Å².